The van der Waals surface area contributed by atoms with E-state index in [1.165, 1.54) is 22.6 Å². The van der Waals surface area contributed by atoms with Gasteiger partial charge in [0.05, 0.1) is 16.6 Å². The molecule has 1 amide bonds. The van der Waals surface area contributed by atoms with Crippen LogP contribution in [0.1, 0.15) is 41.7 Å². The van der Waals surface area contributed by atoms with Crippen molar-refractivity contribution in [1.82, 2.24) is 14.7 Å². The predicted molar refractivity (Wildman–Crippen MR) is 80.0 cm³/mol. The van der Waals surface area contributed by atoms with Gasteiger partial charge in [0, 0.05) is 30.8 Å². The summed E-state index contributed by atoms with van der Waals surface area (Å²) >= 11 is 1.50. The Morgan fingerprint density at radius 1 is 1.40 bits per heavy atom. The van der Waals surface area contributed by atoms with Crippen LogP contribution < -0.4 is 0 Å². The van der Waals surface area contributed by atoms with Crippen LogP contribution in [0.2, 0.25) is 0 Å². The van der Waals surface area contributed by atoms with Crippen molar-refractivity contribution >= 4 is 17.2 Å². The first-order valence-corrected chi connectivity index (χ1v) is 7.74. The average molecular weight is 289 g/mol. The van der Waals surface area contributed by atoms with Crippen LogP contribution in [0.15, 0.2) is 23.7 Å². The minimum absolute atomic E-state index is 0.00643. The molecule has 0 aliphatic carbocycles. The lowest BCUT2D eigenvalue weighted by Crippen LogP contribution is -2.37. The van der Waals surface area contributed by atoms with Crippen molar-refractivity contribution in [3.05, 3.63) is 39.8 Å². The molecule has 3 heterocycles. The van der Waals surface area contributed by atoms with Crippen LogP contribution in [0.4, 0.5) is 0 Å². The first-order chi connectivity index (χ1) is 9.47. The highest BCUT2D eigenvalue weighted by molar-refractivity contribution is 7.12. The van der Waals surface area contributed by atoms with Crippen molar-refractivity contribution in [3.63, 3.8) is 0 Å². The third-order valence-electron chi connectivity index (χ3n) is 3.59. The molecule has 4 nitrogen and oxygen atoms in total. The normalized spacial score (nSPS) is 15.2. The number of hydrogen-bond donors (Lipinski definition) is 0. The molecule has 5 heteroatoms. The molecule has 2 aromatic rings. The van der Waals surface area contributed by atoms with Crippen molar-refractivity contribution in [2.24, 2.45) is 0 Å². The number of rotatable bonds is 1. The van der Waals surface area contributed by atoms with Crippen LogP contribution in [0.25, 0.3) is 0 Å². The van der Waals surface area contributed by atoms with Gasteiger partial charge in [0.15, 0.2) is 0 Å². The molecule has 0 saturated carbocycles. The standard InChI is InChI=1S/C15H19N3OS/c1-15(2,3)18-12-6-7-17(10-11(12)9-16-18)14(19)13-5-4-8-20-13/h4-5,8-9H,6-7,10H2,1-3H3. The first kappa shape index (κ1) is 13.4. The lowest BCUT2D eigenvalue weighted by Gasteiger charge is -2.30. The average Bonchev–Trinajstić information content (AvgIpc) is 3.05. The fourth-order valence-electron chi connectivity index (χ4n) is 2.64. The largest absolute Gasteiger partial charge is 0.333 e. The zero-order valence-electron chi connectivity index (χ0n) is 12.1. The number of nitrogens with zero attached hydrogens (tertiary/aromatic N) is 3. The van der Waals surface area contributed by atoms with Crippen LogP contribution in [-0.2, 0) is 18.5 Å². The minimum Gasteiger partial charge on any atom is -0.333 e. The van der Waals surface area contributed by atoms with Crippen LogP contribution in [0, 0.1) is 0 Å². The Balaban J connectivity index is 1.83. The molecule has 0 radical (unpaired) electrons. The van der Waals surface area contributed by atoms with Crippen molar-refractivity contribution in [2.75, 3.05) is 6.54 Å². The second-order valence-electron chi connectivity index (χ2n) is 6.15. The van der Waals surface area contributed by atoms with E-state index < -0.39 is 0 Å². The van der Waals surface area contributed by atoms with Crippen LogP contribution in [-0.4, -0.2) is 27.1 Å². The number of amides is 1. The lowest BCUT2D eigenvalue weighted by atomic mass is 10.0. The van der Waals surface area contributed by atoms with Crippen molar-refractivity contribution in [1.29, 1.82) is 0 Å². The summed E-state index contributed by atoms with van der Waals surface area (Å²) in [6.45, 7) is 7.91. The zero-order valence-corrected chi connectivity index (χ0v) is 12.9. The summed E-state index contributed by atoms with van der Waals surface area (Å²) in [4.78, 5) is 15.1. The third kappa shape index (κ3) is 2.26. The van der Waals surface area contributed by atoms with Gasteiger partial charge in [0.2, 0.25) is 0 Å². The molecular weight excluding hydrogens is 270 g/mol. The molecular formula is C15H19N3OS. The fourth-order valence-corrected chi connectivity index (χ4v) is 3.33. The number of carbonyl (C=O) groups is 1. The van der Waals surface area contributed by atoms with Crippen LogP contribution in [0.3, 0.4) is 0 Å². The van der Waals surface area contributed by atoms with Crippen molar-refractivity contribution in [2.45, 2.75) is 39.3 Å². The molecule has 1 aliphatic rings. The second-order valence-corrected chi connectivity index (χ2v) is 7.10. The summed E-state index contributed by atoms with van der Waals surface area (Å²) in [5, 5.41) is 6.45. The maximum atomic E-state index is 12.4. The molecule has 3 rings (SSSR count). The summed E-state index contributed by atoms with van der Waals surface area (Å²) in [5.74, 6) is 0.133. The third-order valence-corrected chi connectivity index (χ3v) is 4.45. The van der Waals surface area contributed by atoms with E-state index in [1.807, 2.05) is 28.6 Å². The van der Waals surface area contributed by atoms with E-state index >= 15 is 0 Å². The SMILES string of the molecule is CC(C)(C)n1ncc2c1CCN(C(=O)c1cccs1)C2. The van der Waals surface area contributed by atoms with Crippen molar-refractivity contribution in [3.8, 4) is 0 Å². The van der Waals surface area contributed by atoms with E-state index in [0.717, 1.165) is 17.8 Å². The summed E-state index contributed by atoms with van der Waals surface area (Å²) < 4.78 is 2.09. The Labute approximate surface area is 123 Å². The molecule has 0 bridgehead atoms. The summed E-state index contributed by atoms with van der Waals surface area (Å²) in [7, 11) is 0. The van der Waals surface area contributed by atoms with Gasteiger partial charge >= 0.3 is 0 Å². The first-order valence-electron chi connectivity index (χ1n) is 6.86. The molecule has 106 valence electrons. The van der Waals surface area contributed by atoms with E-state index in [2.05, 4.69) is 30.6 Å². The van der Waals surface area contributed by atoms with Gasteiger partial charge in [0.1, 0.15) is 0 Å². The molecule has 0 unspecified atom stereocenters. The Kier molecular flexibility index (Phi) is 3.17. The Morgan fingerprint density at radius 3 is 2.85 bits per heavy atom. The highest BCUT2D eigenvalue weighted by Crippen LogP contribution is 2.25. The lowest BCUT2D eigenvalue weighted by molar-refractivity contribution is 0.0737. The predicted octanol–water partition coefficient (Wildman–Crippen LogP) is 2.90. The molecule has 0 N–H and O–H groups in total. The molecule has 0 atom stereocenters. The molecule has 0 saturated heterocycles. The van der Waals surface area contributed by atoms with Gasteiger partial charge in [-0.2, -0.15) is 5.10 Å². The van der Waals surface area contributed by atoms with E-state index in [1.54, 1.807) is 0 Å². The number of carbonyl (C=O) groups excluding carboxylic acids is 1. The van der Waals surface area contributed by atoms with Gasteiger partial charge in [0.25, 0.3) is 5.91 Å². The summed E-state index contributed by atoms with van der Waals surface area (Å²) in [6, 6.07) is 3.81. The zero-order chi connectivity index (χ0) is 14.3. The van der Waals surface area contributed by atoms with E-state index in [4.69, 9.17) is 0 Å². The van der Waals surface area contributed by atoms with Gasteiger partial charge < -0.3 is 4.90 Å². The monoisotopic (exact) mass is 289 g/mol. The molecule has 20 heavy (non-hydrogen) atoms. The summed E-state index contributed by atoms with van der Waals surface area (Å²) in [6.07, 6.45) is 2.79. The fraction of sp³-hybridized carbons (Fsp3) is 0.467. The molecule has 0 fully saturated rings. The van der Waals surface area contributed by atoms with Crippen molar-refractivity contribution < 1.29 is 4.79 Å². The Bertz CT molecular complexity index is 622. The number of fused-ring (bicyclic) bond motifs is 1. The van der Waals surface area contributed by atoms with E-state index in [0.29, 0.717) is 6.54 Å². The minimum atomic E-state index is -0.00643. The van der Waals surface area contributed by atoms with Crippen LogP contribution >= 0.6 is 11.3 Å². The second kappa shape index (κ2) is 4.74. The van der Waals surface area contributed by atoms with E-state index in [9.17, 15) is 4.79 Å². The number of hydrogen-bond acceptors (Lipinski definition) is 3. The molecule has 2 aromatic heterocycles. The Morgan fingerprint density at radius 2 is 2.20 bits per heavy atom. The molecule has 0 spiro atoms. The highest BCUT2D eigenvalue weighted by atomic mass is 32.1. The smallest absolute Gasteiger partial charge is 0.264 e. The quantitative estimate of drug-likeness (QED) is 0.809. The maximum absolute atomic E-state index is 12.4. The molecule has 1 aliphatic heterocycles. The highest BCUT2D eigenvalue weighted by Gasteiger charge is 2.28. The van der Waals surface area contributed by atoms with Gasteiger partial charge in [-0.05, 0) is 32.2 Å². The van der Waals surface area contributed by atoms with Gasteiger partial charge in [-0.15, -0.1) is 11.3 Å². The topological polar surface area (TPSA) is 38.1 Å². The van der Waals surface area contributed by atoms with Crippen LogP contribution in [0.5, 0.6) is 0 Å². The number of thiophene rings is 1. The van der Waals surface area contributed by atoms with E-state index in [-0.39, 0.29) is 11.4 Å². The number of aromatic nitrogens is 2. The van der Waals surface area contributed by atoms with Gasteiger partial charge in [-0.3, -0.25) is 9.48 Å². The molecule has 0 aromatic carbocycles. The van der Waals surface area contributed by atoms with Gasteiger partial charge in [-0.25, -0.2) is 0 Å². The maximum Gasteiger partial charge on any atom is 0.264 e. The Hall–Kier alpha value is -1.62. The summed E-state index contributed by atoms with van der Waals surface area (Å²) in [5.41, 5.74) is 2.44. The van der Waals surface area contributed by atoms with Gasteiger partial charge in [-0.1, -0.05) is 6.07 Å².